The summed E-state index contributed by atoms with van der Waals surface area (Å²) >= 11 is 0. The maximum atomic E-state index is 12.2. The summed E-state index contributed by atoms with van der Waals surface area (Å²) in [4.78, 5) is 16.1. The molecule has 0 radical (unpaired) electrons. The van der Waals surface area contributed by atoms with Gasteiger partial charge in [-0.15, -0.1) is 0 Å². The first-order valence-electron chi connectivity index (χ1n) is 5.20. The van der Waals surface area contributed by atoms with Gasteiger partial charge in [0.15, 0.2) is 5.82 Å². The van der Waals surface area contributed by atoms with Crippen LogP contribution in [0.15, 0.2) is 42.7 Å². The summed E-state index contributed by atoms with van der Waals surface area (Å²) in [5, 5.41) is 9.13. The lowest BCUT2D eigenvalue weighted by Gasteiger charge is -2.07. The van der Waals surface area contributed by atoms with Crippen molar-refractivity contribution in [1.29, 1.82) is 5.26 Å². The van der Waals surface area contributed by atoms with E-state index in [-0.39, 0.29) is 5.78 Å². The minimum absolute atomic E-state index is 0.272. The van der Waals surface area contributed by atoms with Crippen LogP contribution >= 0.6 is 0 Å². The van der Waals surface area contributed by atoms with E-state index in [1.807, 2.05) is 24.3 Å². The maximum absolute atomic E-state index is 12.2. The monoisotopic (exact) mass is 225 g/mol. The molecule has 1 atom stereocenters. The molecule has 1 aromatic carbocycles. The Labute approximate surface area is 99.1 Å². The summed E-state index contributed by atoms with van der Waals surface area (Å²) in [5.41, 5.74) is 0.697. The molecule has 0 aliphatic carbocycles. The lowest BCUT2D eigenvalue weighted by atomic mass is 9.96. The molecule has 1 unspecified atom stereocenters. The molecule has 0 saturated carbocycles. The minimum atomic E-state index is -0.794. The van der Waals surface area contributed by atoms with Crippen molar-refractivity contribution in [3.8, 4) is 6.07 Å². The number of ketones is 1. The van der Waals surface area contributed by atoms with Gasteiger partial charge >= 0.3 is 0 Å². The standard InChI is InChI=1S/C13H11N3O/c1-16-8-7-15-13(16)12(17)11(9-14)10-5-3-2-4-6-10/h2-8,11H,1H3. The fraction of sp³-hybridized carbons (Fsp3) is 0.154. The van der Waals surface area contributed by atoms with Gasteiger partial charge in [-0.3, -0.25) is 4.79 Å². The Morgan fingerprint density at radius 3 is 2.65 bits per heavy atom. The van der Waals surface area contributed by atoms with E-state index >= 15 is 0 Å². The Hall–Kier alpha value is -2.41. The summed E-state index contributed by atoms with van der Waals surface area (Å²) in [6.45, 7) is 0. The van der Waals surface area contributed by atoms with Crippen LogP contribution in [-0.4, -0.2) is 15.3 Å². The van der Waals surface area contributed by atoms with Crippen molar-refractivity contribution < 1.29 is 4.79 Å². The van der Waals surface area contributed by atoms with Gasteiger partial charge in [0.25, 0.3) is 0 Å². The number of nitrogens with zero attached hydrogens (tertiary/aromatic N) is 3. The predicted octanol–water partition coefficient (Wildman–Crippen LogP) is 1.91. The largest absolute Gasteiger partial charge is 0.332 e. The molecule has 4 heteroatoms. The zero-order valence-electron chi connectivity index (χ0n) is 9.37. The average molecular weight is 225 g/mol. The number of rotatable bonds is 3. The molecule has 84 valence electrons. The van der Waals surface area contributed by atoms with E-state index in [2.05, 4.69) is 4.98 Å². The molecule has 2 aromatic rings. The van der Waals surface area contributed by atoms with Crippen LogP contribution in [0.3, 0.4) is 0 Å². The van der Waals surface area contributed by atoms with Gasteiger partial charge in [-0.25, -0.2) is 4.98 Å². The van der Waals surface area contributed by atoms with Crippen LogP contribution in [0, 0.1) is 11.3 Å². The van der Waals surface area contributed by atoms with Crippen LogP contribution in [0.2, 0.25) is 0 Å². The van der Waals surface area contributed by atoms with Crippen molar-refractivity contribution in [3.05, 3.63) is 54.1 Å². The summed E-state index contributed by atoms with van der Waals surface area (Å²) in [5.74, 6) is -0.760. The summed E-state index contributed by atoms with van der Waals surface area (Å²) in [6, 6.07) is 11.0. The minimum Gasteiger partial charge on any atom is -0.332 e. The first-order chi connectivity index (χ1) is 8.24. The molecule has 0 amide bonds. The normalized spacial score (nSPS) is 11.8. The summed E-state index contributed by atoms with van der Waals surface area (Å²) in [6.07, 6.45) is 3.24. The molecule has 1 heterocycles. The average Bonchev–Trinajstić information content (AvgIpc) is 2.77. The molecule has 0 bridgehead atoms. The fourth-order valence-corrected chi connectivity index (χ4v) is 1.66. The molecule has 0 spiro atoms. The fourth-order valence-electron chi connectivity index (χ4n) is 1.66. The molecular formula is C13H11N3O. The van der Waals surface area contributed by atoms with Crippen molar-refractivity contribution in [2.45, 2.75) is 5.92 Å². The predicted molar refractivity (Wildman–Crippen MR) is 62.3 cm³/mol. The highest BCUT2D eigenvalue weighted by molar-refractivity contribution is 6.00. The Kier molecular flexibility index (Phi) is 3.01. The quantitative estimate of drug-likeness (QED) is 0.750. The summed E-state index contributed by atoms with van der Waals surface area (Å²) in [7, 11) is 1.74. The molecule has 0 N–H and O–H groups in total. The number of benzene rings is 1. The van der Waals surface area contributed by atoms with Gasteiger partial charge in [-0.1, -0.05) is 30.3 Å². The van der Waals surface area contributed by atoms with E-state index in [4.69, 9.17) is 5.26 Å². The van der Waals surface area contributed by atoms with E-state index in [9.17, 15) is 4.79 Å². The highest BCUT2D eigenvalue weighted by Crippen LogP contribution is 2.19. The second kappa shape index (κ2) is 4.62. The summed E-state index contributed by atoms with van der Waals surface area (Å²) < 4.78 is 1.62. The first-order valence-corrected chi connectivity index (χ1v) is 5.20. The Bertz CT molecular complexity index is 566. The topological polar surface area (TPSA) is 58.7 Å². The van der Waals surface area contributed by atoms with Crippen molar-refractivity contribution in [1.82, 2.24) is 9.55 Å². The maximum Gasteiger partial charge on any atom is 0.219 e. The smallest absolute Gasteiger partial charge is 0.219 e. The molecule has 0 saturated heterocycles. The molecular weight excluding hydrogens is 214 g/mol. The molecule has 0 fully saturated rings. The van der Waals surface area contributed by atoms with Crippen LogP contribution in [0.4, 0.5) is 0 Å². The van der Waals surface area contributed by atoms with Crippen molar-refractivity contribution in [2.75, 3.05) is 0 Å². The molecule has 0 aliphatic heterocycles. The number of nitriles is 1. The number of hydrogen-bond acceptors (Lipinski definition) is 3. The first kappa shape index (κ1) is 11.1. The number of imidazole rings is 1. The SMILES string of the molecule is Cn1ccnc1C(=O)C(C#N)c1ccccc1. The second-order valence-corrected chi connectivity index (χ2v) is 3.70. The Morgan fingerprint density at radius 1 is 1.41 bits per heavy atom. The van der Waals surface area contributed by atoms with Gasteiger partial charge in [0, 0.05) is 19.4 Å². The van der Waals surface area contributed by atoms with Crippen LogP contribution < -0.4 is 0 Å². The number of hydrogen-bond donors (Lipinski definition) is 0. The van der Waals surface area contributed by atoms with Crippen molar-refractivity contribution in [3.63, 3.8) is 0 Å². The zero-order chi connectivity index (χ0) is 12.3. The third kappa shape index (κ3) is 2.08. The van der Waals surface area contributed by atoms with Gasteiger partial charge in [-0.2, -0.15) is 5.26 Å². The highest BCUT2D eigenvalue weighted by Gasteiger charge is 2.24. The van der Waals surface area contributed by atoms with Gasteiger partial charge in [0.1, 0.15) is 5.92 Å². The van der Waals surface area contributed by atoms with Crippen LogP contribution in [0.1, 0.15) is 22.1 Å². The van der Waals surface area contributed by atoms with Crippen LogP contribution in [0.5, 0.6) is 0 Å². The van der Waals surface area contributed by atoms with Crippen LogP contribution in [0.25, 0.3) is 0 Å². The van der Waals surface area contributed by atoms with E-state index in [0.29, 0.717) is 11.4 Å². The highest BCUT2D eigenvalue weighted by atomic mass is 16.1. The molecule has 4 nitrogen and oxygen atoms in total. The van der Waals surface area contributed by atoms with Gasteiger partial charge in [0.2, 0.25) is 5.78 Å². The van der Waals surface area contributed by atoms with E-state index < -0.39 is 5.92 Å². The Balaban J connectivity index is 2.36. The van der Waals surface area contributed by atoms with Crippen molar-refractivity contribution in [2.24, 2.45) is 7.05 Å². The van der Waals surface area contributed by atoms with Gasteiger partial charge in [0.05, 0.1) is 6.07 Å². The van der Waals surface area contributed by atoms with E-state index in [1.54, 1.807) is 36.1 Å². The number of carbonyl (C=O) groups excluding carboxylic acids is 1. The van der Waals surface area contributed by atoms with Crippen LogP contribution in [-0.2, 0) is 7.05 Å². The number of Topliss-reactive ketones (excluding diaryl/α,β-unsaturated/α-hetero) is 1. The van der Waals surface area contributed by atoms with E-state index in [0.717, 1.165) is 0 Å². The third-order valence-corrected chi connectivity index (χ3v) is 2.57. The van der Waals surface area contributed by atoms with Crippen molar-refractivity contribution >= 4 is 5.78 Å². The number of carbonyl (C=O) groups is 1. The van der Waals surface area contributed by atoms with Gasteiger partial charge < -0.3 is 4.57 Å². The third-order valence-electron chi connectivity index (χ3n) is 2.57. The molecule has 2 rings (SSSR count). The molecule has 0 aliphatic rings. The Morgan fingerprint density at radius 2 is 2.12 bits per heavy atom. The molecule has 1 aromatic heterocycles. The lowest BCUT2D eigenvalue weighted by molar-refractivity contribution is 0.0966. The second-order valence-electron chi connectivity index (χ2n) is 3.70. The zero-order valence-corrected chi connectivity index (χ0v) is 9.37. The van der Waals surface area contributed by atoms with Gasteiger partial charge in [-0.05, 0) is 5.56 Å². The number of aromatic nitrogens is 2. The lowest BCUT2D eigenvalue weighted by Crippen LogP contribution is -2.15. The number of aryl methyl sites for hydroxylation is 1. The molecule has 17 heavy (non-hydrogen) atoms. The van der Waals surface area contributed by atoms with E-state index in [1.165, 1.54) is 0 Å².